The van der Waals surface area contributed by atoms with E-state index in [0.717, 1.165) is 6.16 Å². The zero-order chi connectivity index (χ0) is 11.2. The normalized spacial score (nSPS) is 14.8. The summed E-state index contributed by atoms with van der Waals surface area (Å²) in [5.74, 6) is 0. The molecule has 5 heteroatoms. The van der Waals surface area contributed by atoms with Crippen LogP contribution in [0.2, 0.25) is 24.2 Å². The molecule has 0 radical (unpaired) electrons. The highest BCUT2D eigenvalue weighted by atomic mass is 35.9. The molecule has 0 aliphatic rings. The van der Waals surface area contributed by atoms with E-state index in [-0.39, 0.29) is 5.38 Å². The van der Waals surface area contributed by atoms with Gasteiger partial charge in [-0.25, -0.2) is 0 Å². The second kappa shape index (κ2) is 7.74. The Balaban J connectivity index is 4.15. The van der Waals surface area contributed by atoms with Crippen LogP contribution in [0.5, 0.6) is 0 Å². The van der Waals surface area contributed by atoms with Crippen molar-refractivity contribution in [3.05, 3.63) is 0 Å². The van der Waals surface area contributed by atoms with Crippen LogP contribution >= 0.6 is 40.7 Å². The molecule has 0 aliphatic heterocycles. The van der Waals surface area contributed by atoms with E-state index < -0.39 is 14.7 Å². The van der Waals surface area contributed by atoms with Crippen LogP contribution in [0.25, 0.3) is 0 Å². The molecule has 0 aromatic rings. The zero-order valence-corrected chi connectivity index (χ0v) is 13.4. The summed E-state index contributed by atoms with van der Waals surface area (Å²) in [7, 11) is -1.09. The molecule has 86 valence electrons. The highest BCUT2D eigenvalue weighted by Gasteiger charge is 2.29. The number of rotatable bonds is 7. The van der Waals surface area contributed by atoms with E-state index in [9.17, 15) is 0 Å². The monoisotopic (exact) mass is 292 g/mol. The van der Waals surface area contributed by atoms with E-state index >= 15 is 0 Å². The molecule has 1 unspecified atom stereocenters. The van der Waals surface area contributed by atoms with E-state index in [1.807, 2.05) is 0 Å². The molecular formula is C9H20Cl3PSi. The molecule has 0 nitrogen and oxygen atoms in total. The van der Waals surface area contributed by atoms with Gasteiger partial charge in [-0.05, 0) is 6.04 Å². The number of hydrogen-bond donors (Lipinski definition) is 0. The van der Waals surface area contributed by atoms with Crippen molar-refractivity contribution in [3.63, 3.8) is 0 Å². The first-order valence-electron chi connectivity index (χ1n) is 5.22. The van der Waals surface area contributed by atoms with Crippen LogP contribution < -0.4 is 0 Å². The smallest absolute Gasteiger partial charge is 0.0869 e. The largest absolute Gasteiger partial charge is 0.123 e. The minimum atomic E-state index is -1.09. The molecule has 0 amide bonds. The van der Waals surface area contributed by atoms with Gasteiger partial charge in [-0.15, -0.1) is 11.6 Å². The van der Waals surface area contributed by atoms with Gasteiger partial charge in [-0.3, -0.25) is 0 Å². The van der Waals surface area contributed by atoms with Gasteiger partial charge in [0.25, 0.3) is 0 Å². The molecule has 0 saturated carbocycles. The van der Waals surface area contributed by atoms with E-state index in [2.05, 4.69) is 20.8 Å². The average Bonchev–Trinajstić information content (AvgIpc) is 2.13. The van der Waals surface area contributed by atoms with Crippen molar-refractivity contribution in [2.45, 2.75) is 50.3 Å². The standard InChI is InChI=1S/C9H20Cl3PSi/c1-4-14(5-2,6-3)8-9(10)7-13(11)12/h9H,4-8H2,1-3H3. The van der Waals surface area contributed by atoms with Gasteiger partial charge in [0, 0.05) is 11.5 Å². The van der Waals surface area contributed by atoms with Crippen molar-refractivity contribution in [1.82, 2.24) is 0 Å². The fraction of sp³-hybridized carbons (Fsp3) is 1.00. The van der Waals surface area contributed by atoms with Crippen molar-refractivity contribution in [1.29, 1.82) is 0 Å². The molecule has 0 aromatic carbocycles. The topological polar surface area (TPSA) is 0 Å². The van der Waals surface area contributed by atoms with Crippen LogP contribution in [0.4, 0.5) is 0 Å². The lowest BCUT2D eigenvalue weighted by atomic mass is 10.5. The Hall–Kier alpha value is 1.52. The second-order valence-electron chi connectivity index (χ2n) is 3.85. The first-order valence-corrected chi connectivity index (χ1v) is 11.8. The Kier molecular flexibility index (Phi) is 8.57. The lowest BCUT2D eigenvalue weighted by Crippen LogP contribution is -2.34. The number of halogens is 3. The third-order valence-corrected chi connectivity index (χ3v) is 11.4. The average molecular weight is 294 g/mol. The molecule has 0 N–H and O–H groups in total. The van der Waals surface area contributed by atoms with Crippen LogP contribution in [0.1, 0.15) is 20.8 Å². The summed E-state index contributed by atoms with van der Waals surface area (Å²) in [6.07, 6.45) is 0.786. The van der Waals surface area contributed by atoms with Crippen LogP contribution in [-0.2, 0) is 0 Å². The third kappa shape index (κ3) is 5.56. The van der Waals surface area contributed by atoms with Gasteiger partial charge in [0.2, 0.25) is 0 Å². The van der Waals surface area contributed by atoms with Crippen molar-refractivity contribution < 1.29 is 0 Å². The Morgan fingerprint density at radius 2 is 1.50 bits per heavy atom. The highest BCUT2D eigenvalue weighted by molar-refractivity contribution is 8.04. The summed E-state index contributed by atoms with van der Waals surface area (Å²) in [5.41, 5.74) is 0. The molecule has 0 aliphatic carbocycles. The SMILES string of the molecule is CC[Si](CC)(CC)CC(Cl)CP(Cl)Cl. The maximum Gasteiger partial charge on any atom is 0.0869 e. The van der Waals surface area contributed by atoms with E-state index in [1.165, 1.54) is 24.2 Å². The molecule has 14 heavy (non-hydrogen) atoms. The molecule has 0 spiro atoms. The van der Waals surface area contributed by atoms with Crippen LogP contribution in [-0.4, -0.2) is 19.6 Å². The van der Waals surface area contributed by atoms with Crippen LogP contribution in [0.3, 0.4) is 0 Å². The third-order valence-electron chi connectivity index (χ3n) is 3.24. The van der Waals surface area contributed by atoms with Crippen molar-refractivity contribution >= 4 is 48.8 Å². The number of hydrogen-bond acceptors (Lipinski definition) is 0. The first-order chi connectivity index (χ1) is 6.49. The Morgan fingerprint density at radius 3 is 1.79 bits per heavy atom. The van der Waals surface area contributed by atoms with Crippen LogP contribution in [0.15, 0.2) is 0 Å². The zero-order valence-electron chi connectivity index (χ0n) is 9.19. The Morgan fingerprint density at radius 1 is 1.07 bits per heavy atom. The maximum atomic E-state index is 6.28. The van der Waals surface area contributed by atoms with Crippen molar-refractivity contribution in [2.24, 2.45) is 0 Å². The number of alkyl halides is 1. The minimum absolute atomic E-state index is 0.197. The first kappa shape index (κ1) is 15.5. The summed E-state index contributed by atoms with van der Waals surface area (Å²) in [5, 5.41) is 0.197. The predicted molar refractivity (Wildman–Crippen MR) is 75.1 cm³/mol. The van der Waals surface area contributed by atoms with Gasteiger partial charge in [-0.1, -0.05) is 61.4 Å². The summed E-state index contributed by atoms with van der Waals surface area (Å²) in [6.45, 7) is 6.02. The van der Waals surface area contributed by atoms with Crippen LogP contribution in [0, 0.1) is 0 Å². The molecule has 1 atom stereocenters. The Bertz CT molecular complexity index is 143. The van der Waals surface area contributed by atoms with Gasteiger partial charge in [0.1, 0.15) is 0 Å². The van der Waals surface area contributed by atoms with Gasteiger partial charge >= 0.3 is 0 Å². The van der Waals surface area contributed by atoms with Crippen molar-refractivity contribution in [2.75, 3.05) is 6.16 Å². The fourth-order valence-electron chi connectivity index (χ4n) is 1.87. The van der Waals surface area contributed by atoms with E-state index in [1.54, 1.807) is 0 Å². The Labute approximate surface area is 105 Å². The molecule has 0 fully saturated rings. The second-order valence-corrected chi connectivity index (χ2v) is 13.9. The van der Waals surface area contributed by atoms with Gasteiger partial charge in [0.15, 0.2) is 0 Å². The van der Waals surface area contributed by atoms with E-state index in [4.69, 9.17) is 34.1 Å². The molecular weight excluding hydrogens is 274 g/mol. The quantitative estimate of drug-likeness (QED) is 0.312. The maximum absolute atomic E-state index is 6.28. The lowest BCUT2D eigenvalue weighted by molar-refractivity contribution is 1.01. The molecule has 0 rings (SSSR count). The summed E-state index contributed by atoms with van der Waals surface area (Å²) in [6, 6.07) is 5.15. The summed E-state index contributed by atoms with van der Waals surface area (Å²) >= 11 is 17.9. The molecule has 0 bridgehead atoms. The molecule has 0 aromatic heterocycles. The highest BCUT2D eigenvalue weighted by Crippen LogP contribution is 2.49. The predicted octanol–water partition coefficient (Wildman–Crippen LogP) is 5.89. The summed E-state index contributed by atoms with van der Waals surface area (Å²) in [4.78, 5) is 0. The lowest BCUT2D eigenvalue weighted by Gasteiger charge is -2.30. The fourth-order valence-corrected chi connectivity index (χ4v) is 8.81. The van der Waals surface area contributed by atoms with Gasteiger partial charge in [0.05, 0.1) is 14.7 Å². The van der Waals surface area contributed by atoms with E-state index in [0.29, 0.717) is 0 Å². The summed E-state index contributed by atoms with van der Waals surface area (Å²) < 4.78 is 0. The molecule has 0 heterocycles. The molecule has 0 saturated heterocycles. The van der Waals surface area contributed by atoms with Gasteiger partial charge < -0.3 is 0 Å². The van der Waals surface area contributed by atoms with Gasteiger partial charge in [-0.2, -0.15) is 0 Å². The van der Waals surface area contributed by atoms with Crippen molar-refractivity contribution in [3.8, 4) is 0 Å². The minimum Gasteiger partial charge on any atom is -0.123 e.